The quantitative estimate of drug-likeness (QED) is 0.823. The maximum Gasteiger partial charge on any atom is 0.0644 e. The lowest BCUT2D eigenvalue weighted by Gasteiger charge is -2.15. The van der Waals surface area contributed by atoms with Crippen LogP contribution in [-0.4, -0.2) is 16.8 Å². The van der Waals surface area contributed by atoms with E-state index in [1.54, 1.807) is 0 Å². The zero-order valence-electron chi connectivity index (χ0n) is 12.2. The van der Waals surface area contributed by atoms with Crippen LogP contribution in [0.4, 0.5) is 0 Å². The molecule has 0 fully saturated rings. The van der Waals surface area contributed by atoms with Crippen LogP contribution >= 0.6 is 0 Å². The van der Waals surface area contributed by atoms with Crippen LogP contribution in [0.15, 0.2) is 0 Å². The molecule has 17 heavy (non-hydrogen) atoms. The highest BCUT2D eigenvalue weighted by molar-refractivity contribution is 5.28. The fourth-order valence-corrected chi connectivity index (χ4v) is 2.37. The second-order valence-corrected chi connectivity index (χ2v) is 5.03. The van der Waals surface area contributed by atoms with Crippen LogP contribution in [0.2, 0.25) is 0 Å². The molecule has 0 bridgehead atoms. The molecule has 1 rings (SSSR count). The lowest BCUT2D eigenvalue weighted by molar-refractivity contribution is 0.430. The largest absolute Gasteiger partial charge is 0.313 e. The zero-order chi connectivity index (χ0) is 13.0. The van der Waals surface area contributed by atoms with Crippen molar-refractivity contribution >= 4 is 0 Å². The number of hydrogen-bond donors (Lipinski definition) is 1. The highest BCUT2D eigenvalue weighted by atomic mass is 15.3. The van der Waals surface area contributed by atoms with Crippen molar-refractivity contribution in [1.82, 2.24) is 15.1 Å². The Morgan fingerprint density at radius 1 is 1.24 bits per heavy atom. The van der Waals surface area contributed by atoms with E-state index in [-0.39, 0.29) is 0 Å². The summed E-state index contributed by atoms with van der Waals surface area (Å²) in [4.78, 5) is 0. The smallest absolute Gasteiger partial charge is 0.0644 e. The van der Waals surface area contributed by atoms with E-state index in [1.807, 2.05) is 7.05 Å². The predicted molar refractivity (Wildman–Crippen MR) is 73.2 cm³/mol. The molecule has 2 atom stereocenters. The van der Waals surface area contributed by atoms with Crippen LogP contribution in [-0.2, 0) is 6.54 Å². The molecule has 1 aromatic heterocycles. The number of aryl methyl sites for hydroxylation is 1. The molecule has 0 saturated heterocycles. The molecule has 98 valence electrons. The average Bonchev–Trinajstić information content (AvgIpc) is 2.58. The van der Waals surface area contributed by atoms with Crippen LogP contribution in [0.5, 0.6) is 0 Å². The molecular formula is C14H27N3. The normalized spacial score (nSPS) is 14.9. The maximum atomic E-state index is 4.69. The van der Waals surface area contributed by atoms with Crippen molar-refractivity contribution in [2.75, 3.05) is 7.05 Å². The van der Waals surface area contributed by atoms with Gasteiger partial charge in [-0.05, 0) is 33.2 Å². The van der Waals surface area contributed by atoms with E-state index in [0.29, 0.717) is 12.0 Å². The van der Waals surface area contributed by atoms with Crippen LogP contribution in [0.25, 0.3) is 0 Å². The van der Waals surface area contributed by atoms with Gasteiger partial charge in [0.1, 0.15) is 0 Å². The van der Waals surface area contributed by atoms with E-state index in [2.05, 4.69) is 44.6 Å². The highest BCUT2D eigenvalue weighted by Gasteiger charge is 2.18. The average molecular weight is 237 g/mol. The summed E-state index contributed by atoms with van der Waals surface area (Å²) in [6.07, 6.45) is 2.31. The second kappa shape index (κ2) is 6.20. The van der Waals surface area contributed by atoms with E-state index in [1.165, 1.54) is 23.4 Å². The third kappa shape index (κ3) is 3.09. The Bertz CT molecular complexity index is 351. The van der Waals surface area contributed by atoms with E-state index in [4.69, 9.17) is 5.10 Å². The topological polar surface area (TPSA) is 29.9 Å². The summed E-state index contributed by atoms with van der Waals surface area (Å²) in [6, 6.07) is 0.431. The first kappa shape index (κ1) is 14.2. The molecular weight excluding hydrogens is 210 g/mol. The third-order valence-electron chi connectivity index (χ3n) is 3.72. The van der Waals surface area contributed by atoms with E-state index in [9.17, 15) is 0 Å². The number of nitrogens with one attached hydrogen (secondary N) is 1. The predicted octanol–water partition coefficient (Wildman–Crippen LogP) is 3.22. The molecule has 1 heterocycles. The number of aromatic nitrogens is 2. The molecule has 2 unspecified atom stereocenters. The molecule has 0 spiro atoms. The lowest BCUT2D eigenvalue weighted by Crippen LogP contribution is -2.17. The third-order valence-corrected chi connectivity index (χ3v) is 3.72. The summed E-state index contributed by atoms with van der Waals surface area (Å²) in [5.41, 5.74) is 3.88. The van der Waals surface area contributed by atoms with E-state index < -0.39 is 0 Å². The summed E-state index contributed by atoms with van der Waals surface area (Å²) in [6.45, 7) is 12.1. The number of hydrogen-bond acceptors (Lipinski definition) is 2. The first-order valence-corrected chi connectivity index (χ1v) is 6.76. The van der Waals surface area contributed by atoms with Gasteiger partial charge in [-0.2, -0.15) is 5.10 Å². The monoisotopic (exact) mass is 237 g/mol. The second-order valence-electron chi connectivity index (χ2n) is 5.03. The molecule has 3 heteroatoms. The summed E-state index contributed by atoms with van der Waals surface area (Å²) in [5, 5.41) is 8.07. The minimum atomic E-state index is 0.431. The maximum absolute atomic E-state index is 4.69. The summed E-state index contributed by atoms with van der Waals surface area (Å²) < 4.78 is 2.18. The van der Waals surface area contributed by atoms with Gasteiger partial charge in [0.25, 0.3) is 0 Å². The van der Waals surface area contributed by atoms with Gasteiger partial charge in [-0.15, -0.1) is 0 Å². The minimum Gasteiger partial charge on any atom is -0.313 e. The standard InChI is InChI=1S/C14H27N3/c1-7-10(3)9-17-12(5)14(11(4)16-17)13(8-2)15-6/h10,13,15H,7-9H2,1-6H3. The summed E-state index contributed by atoms with van der Waals surface area (Å²) >= 11 is 0. The van der Waals surface area contributed by atoms with Crippen molar-refractivity contribution in [3.8, 4) is 0 Å². The Kier molecular flexibility index (Phi) is 5.19. The Labute approximate surface area is 106 Å². The summed E-state index contributed by atoms with van der Waals surface area (Å²) in [7, 11) is 2.03. The van der Waals surface area contributed by atoms with Gasteiger partial charge in [0.15, 0.2) is 0 Å². The molecule has 0 aromatic carbocycles. The molecule has 0 amide bonds. The van der Waals surface area contributed by atoms with Gasteiger partial charge in [0, 0.05) is 23.8 Å². The van der Waals surface area contributed by atoms with Crippen molar-refractivity contribution in [1.29, 1.82) is 0 Å². The zero-order valence-corrected chi connectivity index (χ0v) is 12.2. The SMILES string of the molecule is CCC(C)Cn1nc(C)c(C(CC)NC)c1C. The first-order valence-electron chi connectivity index (χ1n) is 6.76. The van der Waals surface area contributed by atoms with Gasteiger partial charge < -0.3 is 5.32 Å². The van der Waals surface area contributed by atoms with Gasteiger partial charge in [-0.1, -0.05) is 27.2 Å². The van der Waals surface area contributed by atoms with Crippen molar-refractivity contribution < 1.29 is 0 Å². The van der Waals surface area contributed by atoms with Crippen LogP contribution in [0.1, 0.15) is 56.6 Å². The van der Waals surface area contributed by atoms with Crippen LogP contribution in [0, 0.1) is 19.8 Å². The number of nitrogens with zero attached hydrogens (tertiary/aromatic N) is 2. The van der Waals surface area contributed by atoms with Crippen LogP contribution in [0.3, 0.4) is 0 Å². The lowest BCUT2D eigenvalue weighted by atomic mass is 10.0. The van der Waals surface area contributed by atoms with Gasteiger partial charge in [-0.25, -0.2) is 0 Å². The van der Waals surface area contributed by atoms with Gasteiger partial charge in [-0.3, -0.25) is 4.68 Å². The van der Waals surface area contributed by atoms with Crippen molar-refractivity contribution in [2.45, 2.75) is 60.0 Å². The molecule has 0 aliphatic carbocycles. The van der Waals surface area contributed by atoms with Crippen molar-refractivity contribution in [2.24, 2.45) is 5.92 Å². The summed E-state index contributed by atoms with van der Waals surface area (Å²) in [5.74, 6) is 0.690. The first-order chi connectivity index (χ1) is 8.04. The van der Waals surface area contributed by atoms with Gasteiger partial charge in [0.05, 0.1) is 5.69 Å². The van der Waals surface area contributed by atoms with Crippen molar-refractivity contribution in [3.05, 3.63) is 17.0 Å². The molecule has 1 aromatic rings. The van der Waals surface area contributed by atoms with Gasteiger partial charge in [0.2, 0.25) is 0 Å². The Hall–Kier alpha value is -0.830. The fourth-order valence-electron chi connectivity index (χ4n) is 2.37. The molecule has 3 nitrogen and oxygen atoms in total. The number of rotatable bonds is 6. The molecule has 1 N–H and O–H groups in total. The van der Waals surface area contributed by atoms with E-state index in [0.717, 1.165) is 13.0 Å². The van der Waals surface area contributed by atoms with Crippen LogP contribution < -0.4 is 5.32 Å². The van der Waals surface area contributed by atoms with E-state index >= 15 is 0 Å². The Balaban J connectivity index is 3.00. The Morgan fingerprint density at radius 3 is 2.35 bits per heavy atom. The van der Waals surface area contributed by atoms with Crippen molar-refractivity contribution in [3.63, 3.8) is 0 Å². The molecule has 0 radical (unpaired) electrons. The minimum absolute atomic E-state index is 0.431. The molecule has 0 saturated carbocycles. The molecule has 0 aliphatic rings. The highest BCUT2D eigenvalue weighted by Crippen LogP contribution is 2.24. The van der Waals surface area contributed by atoms with Gasteiger partial charge >= 0.3 is 0 Å². The Morgan fingerprint density at radius 2 is 1.88 bits per heavy atom. The fraction of sp³-hybridized carbons (Fsp3) is 0.786. The molecule has 0 aliphatic heterocycles.